The van der Waals surface area contributed by atoms with Gasteiger partial charge in [-0.3, -0.25) is 9.59 Å². The minimum absolute atomic E-state index is 0.0423. The number of phenolic OH excluding ortho intramolecular Hbond substituents is 1. The van der Waals surface area contributed by atoms with Crippen LogP contribution in [0.2, 0.25) is 0 Å². The number of hydrogen-bond acceptors (Lipinski definition) is 6. The predicted octanol–water partition coefficient (Wildman–Crippen LogP) is 3.36. The minimum Gasteiger partial charge on any atom is -0.508 e. The van der Waals surface area contributed by atoms with E-state index in [0.29, 0.717) is 12.0 Å². The average molecular weight is 398 g/mol. The third-order valence-corrected chi connectivity index (χ3v) is 6.28. The zero-order valence-electron chi connectivity index (χ0n) is 17.0. The molecule has 1 aromatic carbocycles. The molecule has 4 atom stereocenters. The van der Waals surface area contributed by atoms with Gasteiger partial charge in [-0.2, -0.15) is 0 Å². The van der Waals surface area contributed by atoms with E-state index >= 15 is 0 Å². The van der Waals surface area contributed by atoms with E-state index in [1.54, 1.807) is 30.4 Å². The molecule has 3 aliphatic carbocycles. The molecule has 1 aromatic rings. The molecule has 0 saturated heterocycles. The molecule has 3 fully saturated rings. The smallest absolute Gasteiger partial charge is 0.178 e. The molecule has 0 aliphatic heterocycles. The van der Waals surface area contributed by atoms with E-state index in [4.69, 9.17) is 4.74 Å². The van der Waals surface area contributed by atoms with Gasteiger partial charge >= 0.3 is 0 Å². The van der Waals surface area contributed by atoms with E-state index in [-0.39, 0.29) is 22.8 Å². The van der Waals surface area contributed by atoms with Crippen LogP contribution >= 0.6 is 0 Å². The third kappa shape index (κ3) is 2.99. The van der Waals surface area contributed by atoms with E-state index < -0.39 is 34.4 Å². The van der Waals surface area contributed by atoms with Crippen LogP contribution in [0.25, 0.3) is 0 Å². The Balaban J connectivity index is 2.16. The zero-order chi connectivity index (χ0) is 21.6. The van der Waals surface area contributed by atoms with Crippen molar-refractivity contribution < 1.29 is 29.6 Å². The Kier molecular flexibility index (Phi) is 5.17. The Hall–Kier alpha value is -2.86. The molecule has 2 bridgehead atoms. The average Bonchev–Trinajstić information content (AvgIpc) is 2.68. The maximum atomic E-state index is 13.4. The van der Waals surface area contributed by atoms with Crippen molar-refractivity contribution in [2.45, 2.75) is 38.7 Å². The molecule has 0 heterocycles. The third-order valence-electron chi connectivity index (χ3n) is 6.28. The highest BCUT2D eigenvalue weighted by atomic mass is 16.5. The molecule has 0 amide bonds. The number of benzene rings is 1. The Morgan fingerprint density at radius 1 is 1.21 bits per heavy atom. The number of aliphatic hydroxyl groups is 2. The van der Waals surface area contributed by atoms with Crippen LogP contribution in [0.15, 0.2) is 53.8 Å². The molecular formula is C23H26O6. The van der Waals surface area contributed by atoms with Crippen LogP contribution in [-0.2, 0) is 9.59 Å². The fourth-order valence-corrected chi connectivity index (χ4v) is 4.66. The number of rotatable bonds is 4. The van der Waals surface area contributed by atoms with Crippen LogP contribution in [0.3, 0.4) is 0 Å². The van der Waals surface area contributed by atoms with Crippen molar-refractivity contribution in [2.75, 3.05) is 7.11 Å². The van der Waals surface area contributed by atoms with E-state index in [0.717, 1.165) is 0 Å². The van der Waals surface area contributed by atoms with Crippen molar-refractivity contribution in [1.29, 1.82) is 0 Å². The van der Waals surface area contributed by atoms with Gasteiger partial charge in [-0.15, -0.1) is 0 Å². The Morgan fingerprint density at radius 2 is 1.90 bits per heavy atom. The molecule has 0 radical (unpaired) electrons. The van der Waals surface area contributed by atoms with Crippen molar-refractivity contribution in [3.8, 4) is 11.5 Å². The summed E-state index contributed by atoms with van der Waals surface area (Å²) in [6, 6.07) is 4.72. The molecule has 3 N–H and O–H groups in total. The highest BCUT2D eigenvalue weighted by Crippen LogP contribution is 2.60. The number of hydrogen-bond donors (Lipinski definition) is 3. The largest absolute Gasteiger partial charge is 0.508 e. The molecule has 6 nitrogen and oxygen atoms in total. The molecule has 3 saturated carbocycles. The zero-order valence-corrected chi connectivity index (χ0v) is 17.0. The summed E-state index contributed by atoms with van der Waals surface area (Å²) in [5.74, 6) is -2.44. The Morgan fingerprint density at radius 3 is 2.52 bits per heavy atom. The number of carbonyl (C=O) groups excluding carboxylic acids is 2. The number of Topliss-reactive ketones (excluding diaryl/α,β-unsaturated/α-hetero) is 2. The van der Waals surface area contributed by atoms with Gasteiger partial charge in [0.1, 0.15) is 11.4 Å². The second kappa shape index (κ2) is 7.19. The number of methoxy groups -OCH3 is 1. The monoisotopic (exact) mass is 398 g/mol. The summed E-state index contributed by atoms with van der Waals surface area (Å²) in [6.07, 6.45) is 6.78. The lowest BCUT2D eigenvalue weighted by molar-refractivity contribution is -0.170. The van der Waals surface area contributed by atoms with Gasteiger partial charge in [0, 0.05) is 17.4 Å². The van der Waals surface area contributed by atoms with Crippen LogP contribution in [0, 0.1) is 11.3 Å². The number of ketones is 2. The summed E-state index contributed by atoms with van der Waals surface area (Å²) in [4.78, 5) is 26.6. The summed E-state index contributed by atoms with van der Waals surface area (Å²) in [7, 11) is 1.42. The Labute approximate surface area is 169 Å². The van der Waals surface area contributed by atoms with Crippen molar-refractivity contribution in [1.82, 2.24) is 0 Å². The first kappa shape index (κ1) is 20.9. The first-order valence-electron chi connectivity index (χ1n) is 9.52. The quantitative estimate of drug-likeness (QED) is 0.311. The van der Waals surface area contributed by atoms with Crippen molar-refractivity contribution >= 4 is 11.6 Å². The molecule has 154 valence electrons. The van der Waals surface area contributed by atoms with Gasteiger partial charge in [-0.05, 0) is 51.0 Å². The standard InChI is InChI=1S/C23H26O6/c1-5-6-7-8-17(25)19-15-12-14(13-9-10-16(24)18(11-13)29-4)22(2,20(19)26)21(27)23(15,3)28/h5-11,14-15,24-25,28H,12H2,1-4H3/b6-5-,8-7+,19-17+/t14-,15+,22-,23+/m1/s1. The summed E-state index contributed by atoms with van der Waals surface area (Å²) >= 11 is 0. The first-order valence-corrected chi connectivity index (χ1v) is 9.52. The lowest BCUT2D eigenvalue weighted by Crippen LogP contribution is -2.66. The molecule has 0 aromatic heterocycles. The van der Waals surface area contributed by atoms with E-state index in [2.05, 4.69) is 0 Å². The number of ether oxygens (including phenoxy) is 1. The normalized spacial score (nSPS) is 33.7. The molecule has 29 heavy (non-hydrogen) atoms. The first-order chi connectivity index (χ1) is 13.6. The van der Waals surface area contributed by atoms with Crippen molar-refractivity contribution in [3.63, 3.8) is 0 Å². The number of allylic oxidation sites excluding steroid dienone is 4. The lowest BCUT2D eigenvalue weighted by atomic mass is 9.46. The van der Waals surface area contributed by atoms with Crippen LogP contribution in [0.5, 0.6) is 11.5 Å². The second-order valence-corrected chi connectivity index (χ2v) is 7.96. The molecule has 4 rings (SSSR count). The van der Waals surface area contributed by atoms with E-state index in [1.807, 2.05) is 6.92 Å². The summed E-state index contributed by atoms with van der Waals surface area (Å²) in [5.41, 5.74) is -2.57. The summed E-state index contributed by atoms with van der Waals surface area (Å²) in [6.45, 7) is 4.75. The van der Waals surface area contributed by atoms with Crippen LogP contribution in [0.1, 0.15) is 38.7 Å². The fourth-order valence-electron chi connectivity index (χ4n) is 4.66. The summed E-state index contributed by atoms with van der Waals surface area (Å²) in [5, 5.41) is 31.4. The molecule has 6 heteroatoms. The summed E-state index contributed by atoms with van der Waals surface area (Å²) < 4.78 is 5.16. The van der Waals surface area contributed by atoms with Gasteiger partial charge in [-0.25, -0.2) is 0 Å². The molecular weight excluding hydrogens is 372 g/mol. The van der Waals surface area contributed by atoms with Gasteiger partial charge in [0.2, 0.25) is 0 Å². The predicted molar refractivity (Wildman–Crippen MR) is 108 cm³/mol. The van der Waals surface area contributed by atoms with Gasteiger partial charge in [0.05, 0.1) is 12.5 Å². The van der Waals surface area contributed by atoms with Gasteiger partial charge in [0.25, 0.3) is 0 Å². The Bertz CT molecular complexity index is 952. The van der Waals surface area contributed by atoms with Crippen molar-refractivity contribution in [3.05, 3.63) is 59.4 Å². The number of carbonyl (C=O) groups is 2. The maximum Gasteiger partial charge on any atom is 0.178 e. The molecule has 3 aliphatic rings. The van der Waals surface area contributed by atoms with E-state index in [9.17, 15) is 24.9 Å². The molecule has 0 spiro atoms. The van der Waals surface area contributed by atoms with E-state index in [1.165, 1.54) is 33.1 Å². The SMILES string of the molecule is C\C=C/C=C/C(O)=C1\C(=O)[C@]2(C)C(=O)[C@@](C)(O)[C@H]1C[C@@H]2c1ccc(O)c(OC)c1. The van der Waals surface area contributed by atoms with Gasteiger partial charge < -0.3 is 20.1 Å². The number of aromatic hydroxyl groups is 1. The lowest BCUT2D eigenvalue weighted by Gasteiger charge is -2.55. The highest BCUT2D eigenvalue weighted by molar-refractivity contribution is 6.21. The maximum absolute atomic E-state index is 13.4. The van der Waals surface area contributed by atoms with Gasteiger partial charge in [0.15, 0.2) is 23.1 Å². The van der Waals surface area contributed by atoms with Crippen LogP contribution in [0.4, 0.5) is 0 Å². The highest BCUT2D eigenvalue weighted by Gasteiger charge is 2.68. The van der Waals surface area contributed by atoms with Crippen LogP contribution in [-0.4, -0.2) is 39.6 Å². The van der Waals surface area contributed by atoms with Crippen LogP contribution < -0.4 is 4.74 Å². The number of fused-ring (bicyclic) bond motifs is 3. The fraction of sp³-hybridized carbons (Fsp3) is 0.391. The van der Waals surface area contributed by atoms with Gasteiger partial charge in [-0.1, -0.05) is 24.3 Å². The number of phenols is 1. The second-order valence-electron chi connectivity index (χ2n) is 7.96. The molecule has 0 unspecified atom stereocenters. The number of aliphatic hydroxyl groups excluding tert-OH is 1. The van der Waals surface area contributed by atoms with Crippen molar-refractivity contribution in [2.24, 2.45) is 11.3 Å². The topological polar surface area (TPSA) is 104 Å². The minimum atomic E-state index is -1.77.